The second kappa shape index (κ2) is 13.4. The standard InChI is InChI=1S/C30H54N4/c1-8-32(24(2)3)22-30-20-28(17-19-31(30)7)26(6)34(25(4)5)23-29-16-12-13-18-33(29)21-27-14-10-9-11-15-27/h9-11,14-15,24-26,28-30H,8,12-13,16-23H2,1-7H3. The van der Waals surface area contributed by atoms with Gasteiger partial charge in [-0.1, -0.05) is 43.7 Å². The molecule has 4 unspecified atom stereocenters. The maximum atomic E-state index is 2.86. The molecule has 0 aromatic heterocycles. The zero-order valence-corrected chi connectivity index (χ0v) is 23.4. The number of piperidine rings is 2. The van der Waals surface area contributed by atoms with Crippen LogP contribution < -0.4 is 0 Å². The van der Waals surface area contributed by atoms with Crippen LogP contribution >= 0.6 is 0 Å². The molecule has 4 nitrogen and oxygen atoms in total. The van der Waals surface area contributed by atoms with Gasteiger partial charge in [0.15, 0.2) is 0 Å². The number of hydrogen-bond acceptors (Lipinski definition) is 4. The van der Waals surface area contributed by atoms with Crippen LogP contribution in [0.5, 0.6) is 0 Å². The smallest absolute Gasteiger partial charge is 0.0237 e. The quantitative estimate of drug-likeness (QED) is 0.418. The zero-order chi connectivity index (χ0) is 24.7. The maximum absolute atomic E-state index is 2.86. The Morgan fingerprint density at radius 2 is 1.62 bits per heavy atom. The largest absolute Gasteiger partial charge is 0.302 e. The molecule has 0 saturated carbocycles. The van der Waals surface area contributed by atoms with E-state index in [0.717, 1.165) is 19.0 Å². The molecule has 0 amide bonds. The van der Waals surface area contributed by atoms with E-state index >= 15 is 0 Å². The summed E-state index contributed by atoms with van der Waals surface area (Å²) >= 11 is 0. The summed E-state index contributed by atoms with van der Waals surface area (Å²) in [5.41, 5.74) is 1.46. The van der Waals surface area contributed by atoms with Gasteiger partial charge in [0.25, 0.3) is 0 Å². The molecule has 34 heavy (non-hydrogen) atoms. The van der Waals surface area contributed by atoms with Crippen molar-refractivity contribution < 1.29 is 0 Å². The minimum atomic E-state index is 0.594. The van der Waals surface area contributed by atoms with Crippen molar-refractivity contribution in [3.63, 3.8) is 0 Å². The Balaban J connectivity index is 1.66. The van der Waals surface area contributed by atoms with Gasteiger partial charge in [0.1, 0.15) is 0 Å². The molecule has 0 N–H and O–H groups in total. The lowest BCUT2D eigenvalue weighted by atomic mass is 9.84. The Labute approximate surface area is 211 Å². The molecule has 0 bridgehead atoms. The molecule has 0 aliphatic carbocycles. The Morgan fingerprint density at radius 1 is 0.882 bits per heavy atom. The van der Waals surface area contributed by atoms with Crippen molar-refractivity contribution >= 4 is 0 Å². The number of likely N-dealkylation sites (N-methyl/N-ethyl adjacent to an activating group) is 2. The Bertz CT molecular complexity index is 690. The first-order valence-corrected chi connectivity index (χ1v) is 14.3. The van der Waals surface area contributed by atoms with Crippen molar-refractivity contribution in [1.29, 1.82) is 0 Å². The first kappa shape index (κ1) is 27.6. The number of hydrogen-bond donors (Lipinski definition) is 0. The van der Waals surface area contributed by atoms with Gasteiger partial charge in [-0.3, -0.25) is 14.7 Å². The van der Waals surface area contributed by atoms with Crippen LogP contribution in [0.3, 0.4) is 0 Å². The first-order chi connectivity index (χ1) is 16.3. The van der Waals surface area contributed by atoms with Gasteiger partial charge in [-0.25, -0.2) is 0 Å². The molecule has 4 heteroatoms. The monoisotopic (exact) mass is 470 g/mol. The highest BCUT2D eigenvalue weighted by molar-refractivity contribution is 5.14. The molecule has 3 rings (SSSR count). The van der Waals surface area contributed by atoms with Crippen molar-refractivity contribution in [2.75, 3.05) is 39.8 Å². The zero-order valence-electron chi connectivity index (χ0n) is 23.4. The van der Waals surface area contributed by atoms with Crippen molar-refractivity contribution in [3.05, 3.63) is 35.9 Å². The molecular formula is C30H54N4. The van der Waals surface area contributed by atoms with Gasteiger partial charge in [-0.15, -0.1) is 0 Å². The number of nitrogens with zero attached hydrogens (tertiary/aromatic N) is 4. The fourth-order valence-electron chi connectivity index (χ4n) is 6.48. The van der Waals surface area contributed by atoms with Crippen LogP contribution in [-0.4, -0.2) is 89.6 Å². The normalized spacial score (nSPS) is 26.1. The van der Waals surface area contributed by atoms with Gasteiger partial charge in [0.2, 0.25) is 0 Å². The molecule has 2 aliphatic rings. The minimum absolute atomic E-state index is 0.594. The highest BCUT2D eigenvalue weighted by Crippen LogP contribution is 2.30. The summed E-state index contributed by atoms with van der Waals surface area (Å²) in [6, 6.07) is 14.3. The predicted molar refractivity (Wildman–Crippen MR) is 147 cm³/mol. The summed E-state index contributed by atoms with van der Waals surface area (Å²) in [7, 11) is 2.35. The second-order valence-corrected chi connectivity index (χ2v) is 11.7. The predicted octanol–water partition coefficient (Wildman–Crippen LogP) is 5.58. The van der Waals surface area contributed by atoms with E-state index in [4.69, 9.17) is 0 Å². The van der Waals surface area contributed by atoms with Gasteiger partial charge in [-0.05, 0) is 98.5 Å². The average Bonchev–Trinajstić information content (AvgIpc) is 2.82. The van der Waals surface area contributed by atoms with Crippen LogP contribution in [0, 0.1) is 5.92 Å². The summed E-state index contributed by atoms with van der Waals surface area (Å²) in [4.78, 5) is 10.9. The fourth-order valence-corrected chi connectivity index (χ4v) is 6.48. The molecule has 2 fully saturated rings. The summed E-state index contributed by atoms with van der Waals surface area (Å²) in [6.45, 7) is 21.6. The highest BCUT2D eigenvalue weighted by atomic mass is 15.3. The van der Waals surface area contributed by atoms with Crippen molar-refractivity contribution in [2.24, 2.45) is 5.92 Å². The van der Waals surface area contributed by atoms with E-state index < -0.39 is 0 Å². The van der Waals surface area contributed by atoms with E-state index in [1.807, 2.05) is 0 Å². The van der Waals surface area contributed by atoms with Crippen LogP contribution in [0.25, 0.3) is 0 Å². The van der Waals surface area contributed by atoms with Gasteiger partial charge in [-0.2, -0.15) is 0 Å². The van der Waals surface area contributed by atoms with E-state index in [-0.39, 0.29) is 0 Å². The number of benzene rings is 1. The lowest BCUT2D eigenvalue weighted by Crippen LogP contribution is -2.55. The molecule has 4 atom stereocenters. The summed E-state index contributed by atoms with van der Waals surface area (Å²) in [5, 5.41) is 0. The third-order valence-electron chi connectivity index (χ3n) is 8.90. The van der Waals surface area contributed by atoms with E-state index in [1.165, 1.54) is 63.8 Å². The molecule has 1 aromatic rings. The lowest BCUT2D eigenvalue weighted by Gasteiger charge is -2.47. The third kappa shape index (κ3) is 7.53. The summed E-state index contributed by atoms with van der Waals surface area (Å²) in [6.07, 6.45) is 6.75. The Hall–Kier alpha value is -0.940. The van der Waals surface area contributed by atoms with Gasteiger partial charge < -0.3 is 4.90 Å². The lowest BCUT2D eigenvalue weighted by molar-refractivity contribution is 0.0172. The summed E-state index contributed by atoms with van der Waals surface area (Å²) in [5.74, 6) is 0.792. The first-order valence-electron chi connectivity index (χ1n) is 14.3. The Morgan fingerprint density at radius 3 is 2.26 bits per heavy atom. The molecule has 2 heterocycles. The SMILES string of the molecule is CCN(CC1CC(C(C)N(CC2CCCCN2Cc2ccccc2)C(C)C)CCN1C)C(C)C. The van der Waals surface area contributed by atoms with Crippen LogP contribution in [0.2, 0.25) is 0 Å². The molecule has 0 spiro atoms. The van der Waals surface area contributed by atoms with Gasteiger partial charge in [0, 0.05) is 49.8 Å². The number of rotatable bonds is 11. The molecule has 194 valence electrons. The van der Waals surface area contributed by atoms with E-state index in [2.05, 4.69) is 98.5 Å². The van der Waals surface area contributed by atoms with E-state index in [0.29, 0.717) is 30.2 Å². The number of likely N-dealkylation sites (tertiary alicyclic amines) is 2. The van der Waals surface area contributed by atoms with Crippen molar-refractivity contribution in [1.82, 2.24) is 19.6 Å². The second-order valence-electron chi connectivity index (χ2n) is 11.7. The molecule has 2 saturated heterocycles. The van der Waals surface area contributed by atoms with Crippen LogP contribution in [0.15, 0.2) is 30.3 Å². The van der Waals surface area contributed by atoms with E-state index in [1.54, 1.807) is 0 Å². The topological polar surface area (TPSA) is 13.0 Å². The van der Waals surface area contributed by atoms with Crippen LogP contribution in [-0.2, 0) is 6.54 Å². The van der Waals surface area contributed by atoms with Gasteiger partial charge in [0.05, 0.1) is 0 Å². The highest BCUT2D eigenvalue weighted by Gasteiger charge is 2.35. The minimum Gasteiger partial charge on any atom is -0.302 e. The summed E-state index contributed by atoms with van der Waals surface area (Å²) < 4.78 is 0. The van der Waals surface area contributed by atoms with Crippen molar-refractivity contribution in [3.8, 4) is 0 Å². The van der Waals surface area contributed by atoms with Crippen LogP contribution in [0.4, 0.5) is 0 Å². The molecule has 1 aromatic carbocycles. The third-order valence-corrected chi connectivity index (χ3v) is 8.90. The molecule has 0 radical (unpaired) electrons. The average molecular weight is 471 g/mol. The van der Waals surface area contributed by atoms with E-state index in [9.17, 15) is 0 Å². The fraction of sp³-hybridized carbons (Fsp3) is 0.800. The molecular weight excluding hydrogens is 416 g/mol. The van der Waals surface area contributed by atoms with Gasteiger partial charge >= 0.3 is 0 Å². The maximum Gasteiger partial charge on any atom is 0.0237 e. The molecule has 2 aliphatic heterocycles. The van der Waals surface area contributed by atoms with Crippen molar-refractivity contribution in [2.45, 2.75) is 110 Å². The van der Waals surface area contributed by atoms with Crippen LogP contribution in [0.1, 0.15) is 79.2 Å². The Kier molecular flexibility index (Phi) is 10.9.